The van der Waals surface area contributed by atoms with E-state index in [-0.39, 0.29) is 53.7 Å². The molecule has 20 nitrogen and oxygen atoms in total. The number of ketones is 1. The summed E-state index contributed by atoms with van der Waals surface area (Å²) in [5.41, 5.74) is -0.104. The molecule has 282 valence electrons. The summed E-state index contributed by atoms with van der Waals surface area (Å²) in [5.74, 6) is -1.22. The van der Waals surface area contributed by atoms with Crippen LogP contribution in [0, 0.1) is 20.2 Å². The lowest BCUT2D eigenvalue weighted by Gasteiger charge is -2.17. The summed E-state index contributed by atoms with van der Waals surface area (Å²) in [6.45, 7) is 3.50. The molecule has 0 bridgehead atoms. The van der Waals surface area contributed by atoms with Crippen molar-refractivity contribution in [1.29, 1.82) is 0 Å². The summed E-state index contributed by atoms with van der Waals surface area (Å²) in [7, 11) is 1.30. The molecule has 1 N–H and O–H groups in total. The molecular weight excluding hydrogens is 694 g/mol. The SMILES string of the molecule is COc1cc(C(C)OC(=O)Oc2ccc([N+](=O)[O-])cc2)c([N+](=O)[O-])cc1OCC(=O)CCCOCCOCCOCCn1cc(CCC(=O)O)nn1. The molecule has 1 aromatic heterocycles. The molecule has 0 aliphatic rings. The van der Waals surface area contributed by atoms with Gasteiger partial charge in [0.15, 0.2) is 17.3 Å². The van der Waals surface area contributed by atoms with Crippen LogP contribution in [0.5, 0.6) is 17.2 Å². The number of carboxylic acid groups (broad SMARTS) is 1. The Hall–Kier alpha value is -5.73. The molecule has 0 fully saturated rings. The maximum absolute atomic E-state index is 12.4. The number of aryl methyl sites for hydroxylation is 1. The summed E-state index contributed by atoms with van der Waals surface area (Å²) < 4.78 is 39.0. The van der Waals surface area contributed by atoms with Crippen molar-refractivity contribution in [3.05, 3.63) is 74.1 Å². The van der Waals surface area contributed by atoms with Gasteiger partial charge in [0.05, 0.1) is 80.3 Å². The highest BCUT2D eigenvalue weighted by Crippen LogP contribution is 2.38. The third-order valence-electron chi connectivity index (χ3n) is 6.99. The molecular formula is C32H39N5O15. The van der Waals surface area contributed by atoms with E-state index in [9.17, 15) is 34.6 Å². The van der Waals surface area contributed by atoms with Crippen molar-refractivity contribution < 1.29 is 62.5 Å². The number of carbonyl (C=O) groups is 3. The number of nitrogens with zero attached hydrogens (tertiary/aromatic N) is 5. The van der Waals surface area contributed by atoms with E-state index in [0.29, 0.717) is 64.7 Å². The minimum atomic E-state index is -1.20. The molecule has 20 heteroatoms. The zero-order chi connectivity index (χ0) is 37.9. The van der Waals surface area contributed by atoms with Crippen LogP contribution in [0.15, 0.2) is 42.6 Å². The lowest BCUT2D eigenvalue weighted by Crippen LogP contribution is -2.15. The number of benzene rings is 2. The van der Waals surface area contributed by atoms with Crippen LogP contribution in [0.25, 0.3) is 0 Å². The standard InChI is InChI=1S/C32H39N5O15/c1-22(51-32(41)52-26-8-6-24(7-9-26)36(42)43)27-18-29(46-2)30(19-28(27)37(44)45)50-21-25(38)4-3-12-47-14-16-49-17-15-48-13-11-35-20-23(33-34-35)5-10-31(39)40/h6-9,18-20,22H,3-5,10-17,21H2,1-2H3,(H,39,40). The average molecular weight is 734 g/mol. The quantitative estimate of drug-likeness (QED) is 0.0426. The zero-order valence-electron chi connectivity index (χ0n) is 28.5. The van der Waals surface area contributed by atoms with Gasteiger partial charge in [0, 0.05) is 37.8 Å². The maximum Gasteiger partial charge on any atom is 0.514 e. The number of nitro benzene ring substituents is 2. The van der Waals surface area contributed by atoms with Gasteiger partial charge in [0.1, 0.15) is 18.5 Å². The number of carbonyl (C=O) groups excluding carboxylic acids is 2. The molecule has 2 aromatic carbocycles. The second kappa shape index (κ2) is 21.5. The molecule has 3 aromatic rings. The number of non-ortho nitro benzene ring substituents is 1. The minimum Gasteiger partial charge on any atom is -0.493 e. The largest absolute Gasteiger partial charge is 0.514 e. The van der Waals surface area contributed by atoms with Gasteiger partial charge in [0.25, 0.3) is 11.4 Å². The second-order valence-electron chi connectivity index (χ2n) is 10.8. The van der Waals surface area contributed by atoms with E-state index in [1.807, 2.05) is 0 Å². The molecule has 0 saturated heterocycles. The van der Waals surface area contributed by atoms with E-state index in [1.54, 1.807) is 10.9 Å². The van der Waals surface area contributed by atoms with Gasteiger partial charge < -0.3 is 38.3 Å². The van der Waals surface area contributed by atoms with E-state index < -0.39 is 33.8 Å². The van der Waals surface area contributed by atoms with Crippen LogP contribution >= 0.6 is 0 Å². The molecule has 52 heavy (non-hydrogen) atoms. The smallest absolute Gasteiger partial charge is 0.493 e. The first kappa shape index (κ1) is 40.7. The summed E-state index contributed by atoms with van der Waals surface area (Å²) in [6, 6.07) is 6.98. The summed E-state index contributed by atoms with van der Waals surface area (Å²) in [5, 5.41) is 39.2. The van der Waals surface area contributed by atoms with Gasteiger partial charge in [-0.1, -0.05) is 5.21 Å². The van der Waals surface area contributed by atoms with E-state index in [4.69, 9.17) is 38.3 Å². The number of methoxy groups -OCH3 is 1. The average Bonchev–Trinajstić information content (AvgIpc) is 3.57. The Bertz CT molecular complexity index is 1650. The van der Waals surface area contributed by atoms with Crippen molar-refractivity contribution in [2.75, 3.05) is 53.4 Å². The predicted octanol–water partition coefficient (Wildman–Crippen LogP) is 3.88. The first-order valence-electron chi connectivity index (χ1n) is 15.9. The monoisotopic (exact) mass is 733 g/mol. The molecule has 1 heterocycles. The number of aromatic nitrogens is 3. The van der Waals surface area contributed by atoms with Crippen LogP contribution in [0.4, 0.5) is 16.2 Å². The van der Waals surface area contributed by atoms with E-state index in [0.717, 1.165) is 18.2 Å². The molecule has 0 spiro atoms. The van der Waals surface area contributed by atoms with Crippen LogP contribution in [0.3, 0.4) is 0 Å². The molecule has 0 aliphatic heterocycles. The molecule has 1 unspecified atom stereocenters. The predicted molar refractivity (Wildman–Crippen MR) is 176 cm³/mol. The van der Waals surface area contributed by atoms with Gasteiger partial charge in [-0.2, -0.15) is 0 Å². The third kappa shape index (κ3) is 14.2. The van der Waals surface area contributed by atoms with Crippen LogP contribution < -0.4 is 14.2 Å². The molecule has 0 amide bonds. The van der Waals surface area contributed by atoms with E-state index >= 15 is 0 Å². The number of nitro groups is 2. The molecule has 0 aliphatic carbocycles. The highest BCUT2D eigenvalue weighted by molar-refractivity contribution is 5.80. The Morgan fingerprint density at radius 3 is 2.21 bits per heavy atom. The maximum atomic E-state index is 12.4. The van der Waals surface area contributed by atoms with Gasteiger partial charge in [-0.25, -0.2) is 9.48 Å². The lowest BCUT2D eigenvalue weighted by molar-refractivity contribution is -0.386. The van der Waals surface area contributed by atoms with Crippen molar-refractivity contribution in [3.63, 3.8) is 0 Å². The number of hydrogen-bond donors (Lipinski definition) is 1. The highest BCUT2D eigenvalue weighted by Gasteiger charge is 2.27. The fourth-order valence-corrected chi connectivity index (χ4v) is 4.38. The highest BCUT2D eigenvalue weighted by atomic mass is 16.7. The first-order valence-corrected chi connectivity index (χ1v) is 15.9. The van der Waals surface area contributed by atoms with Gasteiger partial charge in [-0.3, -0.25) is 29.8 Å². The number of carboxylic acids is 1. The number of hydrogen-bond acceptors (Lipinski definition) is 16. The van der Waals surface area contributed by atoms with Crippen LogP contribution in [0.2, 0.25) is 0 Å². The molecule has 3 rings (SSSR count). The molecule has 0 saturated carbocycles. The van der Waals surface area contributed by atoms with Crippen molar-refractivity contribution >= 4 is 29.3 Å². The number of ether oxygens (including phenoxy) is 7. The van der Waals surface area contributed by atoms with Gasteiger partial charge in [-0.15, -0.1) is 5.10 Å². The zero-order valence-corrected chi connectivity index (χ0v) is 28.5. The Morgan fingerprint density at radius 2 is 1.58 bits per heavy atom. The van der Waals surface area contributed by atoms with Crippen LogP contribution in [-0.4, -0.2) is 101 Å². The second-order valence-corrected chi connectivity index (χ2v) is 10.8. The Labute approximate surface area is 296 Å². The van der Waals surface area contributed by atoms with Gasteiger partial charge in [0.2, 0.25) is 0 Å². The van der Waals surface area contributed by atoms with Crippen LogP contribution in [-0.2, 0) is 41.5 Å². The normalized spacial score (nSPS) is 11.4. The van der Waals surface area contributed by atoms with E-state index in [1.165, 1.54) is 32.2 Å². The fraction of sp³-hybridized carbons (Fsp3) is 0.469. The Kier molecular flexibility index (Phi) is 16.8. The third-order valence-corrected chi connectivity index (χ3v) is 6.99. The minimum absolute atomic E-state index is 0.00716. The van der Waals surface area contributed by atoms with Crippen molar-refractivity contribution in [2.24, 2.45) is 0 Å². The summed E-state index contributed by atoms with van der Waals surface area (Å²) in [4.78, 5) is 56.7. The number of Topliss-reactive ketones (excluding diaryl/α,β-unsaturated/α-hetero) is 1. The molecule has 0 radical (unpaired) electrons. The Morgan fingerprint density at radius 1 is 0.904 bits per heavy atom. The topological polar surface area (TPSA) is 253 Å². The fourth-order valence-electron chi connectivity index (χ4n) is 4.38. The number of rotatable bonds is 25. The first-order chi connectivity index (χ1) is 25.0. The van der Waals surface area contributed by atoms with Gasteiger partial charge in [-0.05, 0) is 31.5 Å². The van der Waals surface area contributed by atoms with Crippen molar-refractivity contribution in [1.82, 2.24) is 15.0 Å². The summed E-state index contributed by atoms with van der Waals surface area (Å²) >= 11 is 0. The Balaban J connectivity index is 1.31. The van der Waals surface area contributed by atoms with Crippen LogP contribution in [0.1, 0.15) is 43.5 Å². The molecule has 1 atom stereocenters. The van der Waals surface area contributed by atoms with Gasteiger partial charge >= 0.3 is 12.1 Å². The van der Waals surface area contributed by atoms with E-state index in [2.05, 4.69) is 10.3 Å². The number of aliphatic carboxylic acids is 1. The van der Waals surface area contributed by atoms with Crippen molar-refractivity contribution in [3.8, 4) is 17.2 Å². The summed E-state index contributed by atoms with van der Waals surface area (Å²) in [6.07, 6.45) is 0.149. The van der Waals surface area contributed by atoms with Crippen molar-refractivity contribution in [2.45, 2.75) is 45.3 Å². The lowest BCUT2D eigenvalue weighted by atomic mass is 10.1.